The molecule has 0 amide bonds. The van der Waals surface area contributed by atoms with Crippen LogP contribution in [-0.4, -0.2) is 22.3 Å². The summed E-state index contributed by atoms with van der Waals surface area (Å²) in [5.41, 5.74) is 8.04. The molecule has 0 saturated heterocycles. The lowest BCUT2D eigenvalue weighted by atomic mass is 10.1. The Hall–Kier alpha value is -2.66. The highest BCUT2D eigenvalue weighted by Crippen LogP contribution is 2.27. The van der Waals surface area contributed by atoms with Gasteiger partial charge >= 0.3 is 0 Å². The number of rotatable bonds is 4. The predicted octanol–water partition coefficient (Wildman–Crippen LogP) is 2.53. The first-order chi connectivity index (χ1) is 10.3. The molecule has 2 aromatic carbocycles. The molecule has 5 nitrogen and oxygen atoms in total. The molecule has 0 saturated carbocycles. The van der Waals surface area contributed by atoms with Crippen LogP contribution in [0.3, 0.4) is 0 Å². The Kier molecular flexibility index (Phi) is 3.66. The fourth-order valence-electron chi connectivity index (χ4n) is 2.18. The predicted molar refractivity (Wildman–Crippen MR) is 80.8 cm³/mol. The van der Waals surface area contributed by atoms with E-state index in [1.165, 1.54) is 0 Å². The normalized spacial score (nSPS) is 12.1. The molecule has 106 valence electrons. The van der Waals surface area contributed by atoms with Crippen LogP contribution in [0.25, 0.3) is 11.4 Å². The lowest BCUT2D eigenvalue weighted by Gasteiger charge is -2.07. The quantitative estimate of drug-likeness (QED) is 0.770. The average Bonchev–Trinajstić information content (AvgIpc) is 3.04. The third kappa shape index (κ3) is 2.64. The Morgan fingerprint density at radius 3 is 2.52 bits per heavy atom. The molecule has 0 aliphatic carbocycles. The van der Waals surface area contributed by atoms with Gasteiger partial charge < -0.3 is 10.5 Å². The molecule has 0 radical (unpaired) electrons. The van der Waals surface area contributed by atoms with Gasteiger partial charge in [-0.15, -0.1) is 0 Å². The van der Waals surface area contributed by atoms with Gasteiger partial charge in [0.1, 0.15) is 11.6 Å². The summed E-state index contributed by atoms with van der Waals surface area (Å²) in [4.78, 5) is 4.49. The summed E-state index contributed by atoms with van der Waals surface area (Å²) in [7, 11) is 1.63. The Morgan fingerprint density at radius 1 is 1.05 bits per heavy atom. The molecule has 0 fully saturated rings. The Bertz CT molecular complexity index is 724. The highest BCUT2D eigenvalue weighted by Gasteiger charge is 2.16. The first kappa shape index (κ1) is 13.3. The van der Waals surface area contributed by atoms with Crippen LogP contribution < -0.4 is 10.5 Å². The SMILES string of the molecule is COc1ccccc1-c1n[nH]c([C@@H](N)c2ccccc2)n1. The minimum atomic E-state index is -0.331. The van der Waals surface area contributed by atoms with E-state index in [0.717, 1.165) is 16.9 Å². The van der Waals surface area contributed by atoms with Crippen LogP contribution in [0, 0.1) is 0 Å². The topological polar surface area (TPSA) is 76.8 Å². The second-order valence-corrected chi connectivity index (χ2v) is 4.63. The van der Waals surface area contributed by atoms with Crippen LogP contribution in [0.1, 0.15) is 17.4 Å². The fourth-order valence-corrected chi connectivity index (χ4v) is 2.18. The van der Waals surface area contributed by atoms with Gasteiger partial charge in [0.2, 0.25) is 0 Å². The maximum Gasteiger partial charge on any atom is 0.184 e. The number of H-pyrrole nitrogens is 1. The van der Waals surface area contributed by atoms with Crippen molar-refractivity contribution in [3.8, 4) is 17.1 Å². The lowest BCUT2D eigenvalue weighted by molar-refractivity contribution is 0.416. The molecule has 1 aromatic heterocycles. The van der Waals surface area contributed by atoms with Crippen molar-refractivity contribution in [2.75, 3.05) is 7.11 Å². The molecular formula is C16H16N4O. The highest BCUT2D eigenvalue weighted by atomic mass is 16.5. The first-order valence-electron chi connectivity index (χ1n) is 6.66. The second kappa shape index (κ2) is 5.76. The third-order valence-corrected chi connectivity index (χ3v) is 3.30. The Morgan fingerprint density at radius 2 is 1.76 bits per heavy atom. The number of hydrogen-bond donors (Lipinski definition) is 2. The zero-order valence-corrected chi connectivity index (χ0v) is 11.7. The van der Waals surface area contributed by atoms with Crippen molar-refractivity contribution in [2.45, 2.75) is 6.04 Å². The number of nitrogens with one attached hydrogen (secondary N) is 1. The summed E-state index contributed by atoms with van der Waals surface area (Å²) in [6, 6.07) is 17.1. The van der Waals surface area contributed by atoms with Gasteiger partial charge in [-0.2, -0.15) is 5.10 Å². The van der Waals surface area contributed by atoms with E-state index in [4.69, 9.17) is 10.5 Å². The van der Waals surface area contributed by atoms with E-state index in [1.54, 1.807) is 7.11 Å². The van der Waals surface area contributed by atoms with Crippen LogP contribution in [0.4, 0.5) is 0 Å². The molecule has 1 atom stereocenters. The summed E-state index contributed by atoms with van der Waals surface area (Å²) < 4.78 is 5.33. The molecule has 0 unspecified atom stereocenters. The molecule has 0 spiro atoms. The molecule has 21 heavy (non-hydrogen) atoms. The zero-order chi connectivity index (χ0) is 14.7. The largest absolute Gasteiger partial charge is 0.496 e. The van der Waals surface area contributed by atoms with Crippen molar-refractivity contribution in [2.24, 2.45) is 5.73 Å². The molecule has 3 N–H and O–H groups in total. The van der Waals surface area contributed by atoms with Crippen LogP contribution in [0.2, 0.25) is 0 Å². The van der Waals surface area contributed by atoms with E-state index in [9.17, 15) is 0 Å². The molecule has 3 aromatic rings. The molecule has 3 rings (SSSR count). The number of hydrogen-bond acceptors (Lipinski definition) is 4. The smallest absolute Gasteiger partial charge is 0.184 e. The van der Waals surface area contributed by atoms with Gasteiger partial charge in [0.25, 0.3) is 0 Å². The van der Waals surface area contributed by atoms with Gasteiger partial charge in [-0.25, -0.2) is 4.98 Å². The molecule has 0 aliphatic heterocycles. The van der Waals surface area contributed by atoms with Crippen LogP contribution >= 0.6 is 0 Å². The number of benzene rings is 2. The molecule has 1 heterocycles. The van der Waals surface area contributed by atoms with E-state index >= 15 is 0 Å². The summed E-state index contributed by atoms with van der Waals surface area (Å²) >= 11 is 0. The molecule has 0 bridgehead atoms. The molecule has 0 aliphatic rings. The number of aromatic nitrogens is 3. The van der Waals surface area contributed by atoms with Crippen molar-refractivity contribution in [3.05, 3.63) is 66.0 Å². The second-order valence-electron chi connectivity index (χ2n) is 4.63. The van der Waals surface area contributed by atoms with Gasteiger partial charge in [-0.3, -0.25) is 5.10 Å². The molecule has 5 heteroatoms. The standard InChI is InChI=1S/C16H16N4O/c1-21-13-10-6-5-9-12(13)15-18-16(20-19-15)14(17)11-7-3-2-4-8-11/h2-10,14H,17H2,1H3,(H,18,19,20)/t14-/m0/s1. The van der Waals surface area contributed by atoms with Gasteiger partial charge in [0, 0.05) is 0 Å². The number of nitrogens with zero attached hydrogens (tertiary/aromatic N) is 2. The summed E-state index contributed by atoms with van der Waals surface area (Å²) in [5.74, 6) is 1.94. The van der Waals surface area contributed by atoms with Crippen molar-refractivity contribution in [3.63, 3.8) is 0 Å². The van der Waals surface area contributed by atoms with Crippen LogP contribution in [0.5, 0.6) is 5.75 Å². The van der Waals surface area contributed by atoms with E-state index in [-0.39, 0.29) is 6.04 Å². The summed E-state index contributed by atoms with van der Waals surface area (Å²) in [6.45, 7) is 0. The molecular weight excluding hydrogens is 264 g/mol. The number of aromatic amines is 1. The third-order valence-electron chi connectivity index (χ3n) is 3.30. The fraction of sp³-hybridized carbons (Fsp3) is 0.125. The summed E-state index contributed by atoms with van der Waals surface area (Å²) in [5, 5.41) is 7.16. The van der Waals surface area contributed by atoms with E-state index < -0.39 is 0 Å². The van der Waals surface area contributed by atoms with Gasteiger partial charge in [0.15, 0.2) is 5.82 Å². The minimum absolute atomic E-state index is 0.331. The van der Waals surface area contributed by atoms with Gasteiger partial charge in [-0.1, -0.05) is 42.5 Å². The van der Waals surface area contributed by atoms with Crippen LogP contribution in [0.15, 0.2) is 54.6 Å². The maximum absolute atomic E-state index is 6.21. The monoisotopic (exact) mass is 280 g/mol. The number of nitrogens with two attached hydrogens (primary N) is 1. The number of methoxy groups -OCH3 is 1. The van der Waals surface area contributed by atoms with E-state index in [0.29, 0.717) is 11.6 Å². The number of ether oxygens (including phenoxy) is 1. The lowest BCUT2D eigenvalue weighted by Crippen LogP contribution is -2.13. The van der Waals surface area contributed by atoms with Gasteiger partial charge in [-0.05, 0) is 17.7 Å². The van der Waals surface area contributed by atoms with Crippen LogP contribution in [-0.2, 0) is 0 Å². The first-order valence-corrected chi connectivity index (χ1v) is 6.66. The highest BCUT2D eigenvalue weighted by molar-refractivity contribution is 5.63. The number of para-hydroxylation sites is 1. The minimum Gasteiger partial charge on any atom is -0.496 e. The Labute approximate surface area is 122 Å². The average molecular weight is 280 g/mol. The zero-order valence-electron chi connectivity index (χ0n) is 11.7. The van der Waals surface area contributed by atoms with Crippen molar-refractivity contribution in [1.29, 1.82) is 0 Å². The summed E-state index contributed by atoms with van der Waals surface area (Å²) in [6.07, 6.45) is 0. The van der Waals surface area contributed by atoms with E-state index in [2.05, 4.69) is 15.2 Å². The van der Waals surface area contributed by atoms with Crippen molar-refractivity contribution < 1.29 is 4.74 Å². The Balaban J connectivity index is 1.93. The van der Waals surface area contributed by atoms with Crippen molar-refractivity contribution in [1.82, 2.24) is 15.2 Å². The van der Waals surface area contributed by atoms with E-state index in [1.807, 2.05) is 54.6 Å². The maximum atomic E-state index is 6.21. The van der Waals surface area contributed by atoms with Gasteiger partial charge in [0.05, 0.1) is 18.7 Å². The van der Waals surface area contributed by atoms with Crippen molar-refractivity contribution >= 4 is 0 Å².